The zero-order valence-electron chi connectivity index (χ0n) is 18.7. The number of aromatic amines is 1. The number of aromatic hydroxyl groups is 1. The first kappa shape index (κ1) is 20.7. The van der Waals surface area contributed by atoms with E-state index in [2.05, 4.69) is 107 Å². The van der Waals surface area contributed by atoms with Crippen LogP contribution >= 0.6 is 11.3 Å². The summed E-state index contributed by atoms with van der Waals surface area (Å²) < 4.78 is 0. The molecule has 2 N–H and O–H groups in total. The van der Waals surface area contributed by atoms with Crippen LogP contribution in [-0.2, 0) is 10.8 Å². The Kier molecular flexibility index (Phi) is 5.06. The smallest absolute Gasteiger partial charge is 0.123 e. The summed E-state index contributed by atoms with van der Waals surface area (Å²) in [7, 11) is 0. The summed E-state index contributed by atoms with van der Waals surface area (Å²) in [4.78, 5) is 4.77. The molecule has 0 unspecified atom stereocenters. The average Bonchev–Trinajstić information content (AvgIpc) is 3.32. The second-order valence-electron chi connectivity index (χ2n) is 10.2. The Labute approximate surface area is 183 Å². The van der Waals surface area contributed by atoms with E-state index in [4.69, 9.17) is 0 Å². The number of hydrogen-bond donors (Lipinski definition) is 2. The molecule has 0 amide bonds. The van der Waals surface area contributed by atoms with Crippen molar-refractivity contribution in [3.63, 3.8) is 0 Å². The molecule has 2 heterocycles. The molecule has 0 saturated heterocycles. The van der Waals surface area contributed by atoms with Crippen molar-refractivity contribution in [3.8, 4) is 5.75 Å². The van der Waals surface area contributed by atoms with Crippen molar-refractivity contribution in [1.29, 1.82) is 0 Å². The number of phenols is 1. The summed E-state index contributed by atoms with van der Waals surface area (Å²) in [6.07, 6.45) is 2.15. The summed E-state index contributed by atoms with van der Waals surface area (Å²) in [5, 5.41) is 14.6. The van der Waals surface area contributed by atoms with Crippen LogP contribution in [0, 0.1) is 0 Å². The van der Waals surface area contributed by atoms with Gasteiger partial charge in [0.2, 0.25) is 0 Å². The lowest BCUT2D eigenvalue weighted by Gasteiger charge is -2.30. The van der Waals surface area contributed by atoms with Crippen LogP contribution in [0.25, 0.3) is 10.9 Å². The fraction of sp³-hybridized carbons (Fsp3) is 0.333. The zero-order chi connectivity index (χ0) is 21.7. The number of fused-ring (bicyclic) bond motifs is 1. The highest BCUT2D eigenvalue weighted by molar-refractivity contribution is 7.10. The SMILES string of the molecule is CC(C)(C)c1cc([C@@H](c2cccs2)c2c[nH]c3ccccc23)cc(C(C)(C)C)c1O. The number of phenolic OH excluding ortho intramolecular Hbond substituents is 1. The molecule has 1 atom stereocenters. The predicted octanol–water partition coefficient (Wildman–Crippen LogP) is 7.71. The molecule has 0 aliphatic heterocycles. The van der Waals surface area contributed by atoms with Crippen LogP contribution in [0.2, 0.25) is 0 Å². The number of H-pyrrole nitrogens is 1. The van der Waals surface area contributed by atoms with Crippen molar-refractivity contribution < 1.29 is 5.11 Å². The van der Waals surface area contributed by atoms with Crippen LogP contribution in [0.3, 0.4) is 0 Å². The summed E-state index contributed by atoms with van der Waals surface area (Å²) in [6.45, 7) is 13.0. The van der Waals surface area contributed by atoms with Crippen LogP contribution < -0.4 is 0 Å². The monoisotopic (exact) mass is 417 g/mol. The zero-order valence-corrected chi connectivity index (χ0v) is 19.5. The van der Waals surface area contributed by atoms with Gasteiger partial charge in [-0.1, -0.05) is 77.9 Å². The first-order valence-electron chi connectivity index (χ1n) is 10.5. The van der Waals surface area contributed by atoms with Crippen molar-refractivity contribution in [2.75, 3.05) is 0 Å². The van der Waals surface area contributed by atoms with Gasteiger partial charge in [-0.25, -0.2) is 0 Å². The van der Waals surface area contributed by atoms with Crippen molar-refractivity contribution >= 4 is 22.2 Å². The fourth-order valence-corrected chi connectivity index (χ4v) is 5.12. The first-order valence-corrected chi connectivity index (χ1v) is 11.4. The quantitative estimate of drug-likeness (QED) is 0.352. The highest BCUT2D eigenvalue weighted by atomic mass is 32.1. The van der Waals surface area contributed by atoms with Gasteiger partial charge in [-0.15, -0.1) is 11.3 Å². The minimum absolute atomic E-state index is 0.115. The number of aromatic nitrogens is 1. The lowest BCUT2D eigenvalue weighted by atomic mass is 9.76. The minimum atomic E-state index is -0.152. The third kappa shape index (κ3) is 3.67. The molecule has 2 aromatic carbocycles. The molecule has 0 radical (unpaired) electrons. The molecule has 0 aliphatic carbocycles. The van der Waals surface area contributed by atoms with Gasteiger partial charge in [0, 0.05) is 27.9 Å². The van der Waals surface area contributed by atoms with Crippen molar-refractivity contribution in [2.45, 2.75) is 58.3 Å². The number of thiophene rings is 1. The molecule has 0 saturated carbocycles. The highest BCUT2D eigenvalue weighted by Crippen LogP contribution is 2.45. The Morgan fingerprint density at radius 1 is 0.867 bits per heavy atom. The van der Waals surface area contributed by atoms with Crippen LogP contribution in [0.1, 0.15) is 74.6 Å². The van der Waals surface area contributed by atoms with E-state index in [9.17, 15) is 5.11 Å². The Morgan fingerprint density at radius 3 is 2.07 bits per heavy atom. The van der Waals surface area contributed by atoms with Gasteiger partial charge in [0.1, 0.15) is 5.75 Å². The van der Waals surface area contributed by atoms with Crippen molar-refractivity contribution in [2.24, 2.45) is 0 Å². The standard InChI is InChI=1S/C27H31NOS/c1-26(2,3)20-14-17(15-21(25(20)29)27(4,5)6)24(23-12-9-13-30-23)19-16-28-22-11-8-7-10-18(19)22/h7-16,24,28-29H,1-6H3/t24-/m1/s1. The second-order valence-corrected chi connectivity index (χ2v) is 11.2. The predicted molar refractivity (Wildman–Crippen MR) is 129 cm³/mol. The lowest BCUT2D eigenvalue weighted by Crippen LogP contribution is -2.18. The van der Waals surface area contributed by atoms with Gasteiger partial charge in [-0.3, -0.25) is 0 Å². The summed E-state index contributed by atoms with van der Waals surface area (Å²) >= 11 is 1.79. The largest absolute Gasteiger partial charge is 0.507 e. The van der Waals surface area contributed by atoms with Crippen LogP contribution in [0.15, 0.2) is 60.1 Å². The molecule has 0 aliphatic rings. The van der Waals surface area contributed by atoms with E-state index in [0.717, 1.165) is 16.6 Å². The maximum Gasteiger partial charge on any atom is 0.123 e. The number of para-hydroxylation sites is 1. The van der Waals surface area contributed by atoms with E-state index in [1.807, 2.05) is 0 Å². The van der Waals surface area contributed by atoms with Gasteiger partial charge in [0.05, 0.1) is 0 Å². The average molecular weight is 418 g/mol. The molecule has 2 nitrogen and oxygen atoms in total. The molecule has 0 spiro atoms. The second kappa shape index (κ2) is 7.31. The molecule has 0 fully saturated rings. The molecular formula is C27H31NOS. The Bertz CT molecular complexity index is 1130. The molecule has 2 aromatic heterocycles. The Morgan fingerprint density at radius 2 is 1.50 bits per heavy atom. The number of nitrogens with one attached hydrogen (secondary N) is 1. The highest BCUT2D eigenvalue weighted by Gasteiger charge is 2.30. The van der Waals surface area contributed by atoms with Gasteiger partial charge < -0.3 is 10.1 Å². The molecular weight excluding hydrogens is 386 g/mol. The first-order chi connectivity index (χ1) is 14.1. The van der Waals surface area contributed by atoms with E-state index in [1.165, 1.54) is 21.4 Å². The van der Waals surface area contributed by atoms with E-state index in [-0.39, 0.29) is 16.7 Å². The van der Waals surface area contributed by atoms with E-state index in [0.29, 0.717) is 5.75 Å². The van der Waals surface area contributed by atoms with Gasteiger partial charge in [-0.2, -0.15) is 0 Å². The summed E-state index contributed by atoms with van der Waals surface area (Å²) in [5.41, 5.74) is 5.37. The topological polar surface area (TPSA) is 36.0 Å². The lowest BCUT2D eigenvalue weighted by molar-refractivity contribution is 0.422. The third-order valence-electron chi connectivity index (χ3n) is 5.84. The molecule has 4 rings (SSSR count). The molecule has 3 heteroatoms. The van der Waals surface area contributed by atoms with Gasteiger partial charge in [-0.05, 0) is 50.6 Å². The molecule has 0 bridgehead atoms. The molecule has 156 valence electrons. The van der Waals surface area contributed by atoms with Crippen LogP contribution in [0.4, 0.5) is 0 Å². The number of rotatable bonds is 3. The van der Waals surface area contributed by atoms with Crippen LogP contribution in [0.5, 0.6) is 5.75 Å². The summed E-state index contributed by atoms with van der Waals surface area (Å²) in [5.74, 6) is 0.548. The molecule has 4 aromatic rings. The third-order valence-corrected chi connectivity index (χ3v) is 6.78. The van der Waals surface area contributed by atoms with E-state index >= 15 is 0 Å². The van der Waals surface area contributed by atoms with Gasteiger partial charge in [0.25, 0.3) is 0 Å². The normalized spacial score (nSPS) is 13.7. The van der Waals surface area contributed by atoms with E-state index < -0.39 is 0 Å². The maximum absolute atomic E-state index is 11.2. The van der Waals surface area contributed by atoms with Gasteiger partial charge >= 0.3 is 0 Å². The van der Waals surface area contributed by atoms with Crippen molar-refractivity contribution in [1.82, 2.24) is 4.98 Å². The number of benzene rings is 2. The minimum Gasteiger partial charge on any atom is -0.507 e. The van der Waals surface area contributed by atoms with Crippen molar-refractivity contribution in [3.05, 3.63) is 87.2 Å². The summed E-state index contributed by atoms with van der Waals surface area (Å²) in [6, 6.07) is 17.3. The van der Waals surface area contributed by atoms with Gasteiger partial charge in [0.15, 0.2) is 0 Å². The fourth-order valence-electron chi connectivity index (χ4n) is 4.25. The Hall–Kier alpha value is -2.52. The molecule has 30 heavy (non-hydrogen) atoms. The number of hydrogen-bond acceptors (Lipinski definition) is 2. The van der Waals surface area contributed by atoms with E-state index in [1.54, 1.807) is 11.3 Å². The van der Waals surface area contributed by atoms with Crippen LogP contribution in [-0.4, -0.2) is 10.1 Å². The maximum atomic E-state index is 11.2. The Balaban J connectivity index is 2.03.